The average Bonchev–Trinajstić information content (AvgIpc) is 3.47. The number of pyridine rings is 1. The Morgan fingerprint density at radius 1 is 1.21 bits per heavy atom. The van der Waals surface area contributed by atoms with Gasteiger partial charge >= 0.3 is 0 Å². The van der Waals surface area contributed by atoms with Crippen LogP contribution >= 0.6 is 0 Å². The van der Waals surface area contributed by atoms with E-state index in [1.807, 2.05) is 19.9 Å². The van der Waals surface area contributed by atoms with Crippen LogP contribution < -0.4 is 15.8 Å². The van der Waals surface area contributed by atoms with Crippen molar-refractivity contribution in [2.75, 3.05) is 0 Å². The second-order valence-corrected chi connectivity index (χ2v) is 7.48. The van der Waals surface area contributed by atoms with Gasteiger partial charge in [-0.15, -0.1) is 0 Å². The van der Waals surface area contributed by atoms with Crippen molar-refractivity contribution in [3.8, 4) is 11.6 Å². The standard InChI is InChI=1S/C21H24FN3O3/c1-12(2)11-18(19(23)26)24-20(27)17-10-9-16(13-3-4-13)21(25-17)28-15-7-5-14(22)6-8-15/h5-10,12-13,18H,3-4,11H2,1-2H3,(H2,23,26)(H,24,27)/t18-/m0/s1. The summed E-state index contributed by atoms with van der Waals surface area (Å²) in [4.78, 5) is 28.6. The number of ether oxygens (including phenoxy) is 1. The molecule has 1 saturated carbocycles. The van der Waals surface area contributed by atoms with Gasteiger partial charge in [-0.1, -0.05) is 19.9 Å². The van der Waals surface area contributed by atoms with E-state index < -0.39 is 17.9 Å². The van der Waals surface area contributed by atoms with Gasteiger partial charge in [-0.05, 0) is 61.4 Å². The first kappa shape index (κ1) is 19.8. The highest BCUT2D eigenvalue weighted by Gasteiger charge is 2.29. The average molecular weight is 385 g/mol. The zero-order valence-electron chi connectivity index (χ0n) is 15.9. The first-order valence-electron chi connectivity index (χ1n) is 9.38. The molecular weight excluding hydrogens is 361 g/mol. The molecule has 0 unspecified atom stereocenters. The van der Waals surface area contributed by atoms with E-state index in [2.05, 4.69) is 10.3 Å². The van der Waals surface area contributed by atoms with E-state index in [4.69, 9.17) is 10.5 Å². The Morgan fingerprint density at radius 2 is 1.89 bits per heavy atom. The zero-order valence-corrected chi connectivity index (χ0v) is 15.9. The van der Waals surface area contributed by atoms with Crippen LogP contribution in [0.5, 0.6) is 11.6 Å². The highest BCUT2D eigenvalue weighted by Crippen LogP contribution is 2.44. The molecule has 1 aliphatic rings. The molecule has 1 atom stereocenters. The summed E-state index contributed by atoms with van der Waals surface area (Å²) < 4.78 is 19.0. The van der Waals surface area contributed by atoms with Gasteiger partial charge in [0, 0.05) is 5.56 Å². The first-order chi connectivity index (χ1) is 13.3. The Morgan fingerprint density at radius 3 is 2.46 bits per heavy atom. The molecule has 7 heteroatoms. The topological polar surface area (TPSA) is 94.3 Å². The number of carbonyl (C=O) groups excluding carboxylic acids is 2. The van der Waals surface area contributed by atoms with Crippen molar-refractivity contribution >= 4 is 11.8 Å². The summed E-state index contributed by atoms with van der Waals surface area (Å²) in [5.74, 6) is -0.141. The summed E-state index contributed by atoms with van der Waals surface area (Å²) in [7, 11) is 0. The number of hydrogen-bond acceptors (Lipinski definition) is 4. The monoisotopic (exact) mass is 385 g/mol. The van der Waals surface area contributed by atoms with E-state index in [0.717, 1.165) is 18.4 Å². The Balaban J connectivity index is 1.82. The quantitative estimate of drug-likeness (QED) is 0.727. The van der Waals surface area contributed by atoms with Crippen LogP contribution in [0.3, 0.4) is 0 Å². The summed E-state index contributed by atoms with van der Waals surface area (Å²) in [6.07, 6.45) is 2.51. The minimum atomic E-state index is -0.765. The van der Waals surface area contributed by atoms with Crippen LogP contribution in [0.2, 0.25) is 0 Å². The molecule has 2 amide bonds. The third kappa shape index (κ3) is 5.06. The van der Waals surface area contributed by atoms with Gasteiger partial charge in [0.25, 0.3) is 5.91 Å². The van der Waals surface area contributed by atoms with E-state index in [1.165, 1.54) is 24.3 Å². The third-order valence-corrected chi connectivity index (χ3v) is 4.52. The molecule has 0 saturated heterocycles. The van der Waals surface area contributed by atoms with Gasteiger partial charge in [0.2, 0.25) is 11.8 Å². The third-order valence-electron chi connectivity index (χ3n) is 4.52. The summed E-state index contributed by atoms with van der Waals surface area (Å²) >= 11 is 0. The number of hydrogen-bond donors (Lipinski definition) is 2. The number of nitrogens with two attached hydrogens (primary N) is 1. The fraction of sp³-hybridized carbons (Fsp3) is 0.381. The maximum absolute atomic E-state index is 13.1. The zero-order chi connectivity index (χ0) is 20.3. The van der Waals surface area contributed by atoms with Crippen molar-refractivity contribution in [1.82, 2.24) is 10.3 Å². The first-order valence-corrected chi connectivity index (χ1v) is 9.38. The molecule has 2 aromatic rings. The molecule has 3 rings (SSSR count). The predicted octanol–water partition coefficient (Wildman–Crippen LogP) is 3.52. The molecule has 1 aromatic carbocycles. The van der Waals surface area contributed by atoms with Crippen molar-refractivity contribution in [3.05, 3.63) is 53.5 Å². The lowest BCUT2D eigenvalue weighted by Crippen LogP contribution is -2.45. The van der Waals surface area contributed by atoms with Crippen LogP contribution in [0, 0.1) is 11.7 Å². The molecule has 28 heavy (non-hydrogen) atoms. The maximum Gasteiger partial charge on any atom is 0.270 e. The Labute approximate surface area is 163 Å². The molecule has 148 valence electrons. The number of carbonyl (C=O) groups is 2. The lowest BCUT2D eigenvalue weighted by Gasteiger charge is -2.17. The number of aromatic nitrogens is 1. The van der Waals surface area contributed by atoms with Gasteiger partial charge in [0.05, 0.1) is 0 Å². The van der Waals surface area contributed by atoms with Crippen LogP contribution in [0.15, 0.2) is 36.4 Å². The largest absolute Gasteiger partial charge is 0.439 e. The van der Waals surface area contributed by atoms with Crippen LogP contribution in [0.4, 0.5) is 4.39 Å². The lowest BCUT2D eigenvalue weighted by molar-refractivity contribution is -0.120. The molecule has 1 heterocycles. The molecular formula is C21H24FN3O3. The number of halogens is 1. The second-order valence-electron chi connectivity index (χ2n) is 7.48. The van der Waals surface area contributed by atoms with E-state index in [0.29, 0.717) is 24.0 Å². The lowest BCUT2D eigenvalue weighted by atomic mass is 10.0. The Hall–Kier alpha value is -2.96. The molecule has 0 spiro atoms. The molecule has 0 radical (unpaired) electrons. The van der Waals surface area contributed by atoms with Gasteiger partial charge in [-0.3, -0.25) is 9.59 Å². The van der Waals surface area contributed by atoms with E-state index in [1.54, 1.807) is 6.07 Å². The molecule has 3 N–H and O–H groups in total. The highest BCUT2D eigenvalue weighted by atomic mass is 19.1. The van der Waals surface area contributed by atoms with E-state index in [-0.39, 0.29) is 17.4 Å². The van der Waals surface area contributed by atoms with Crippen LogP contribution in [0.1, 0.15) is 55.1 Å². The minimum Gasteiger partial charge on any atom is -0.439 e. The fourth-order valence-electron chi connectivity index (χ4n) is 2.93. The van der Waals surface area contributed by atoms with Crippen molar-refractivity contribution in [1.29, 1.82) is 0 Å². The molecule has 1 aromatic heterocycles. The second kappa shape index (κ2) is 8.37. The number of nitrogens with one attached hydrogen (secondary N) is 1. The summed E-state index contributed by atoms with van der Waals surface area (Å²) in [6, 6.07) is 8.28. The van der Waals surface area contributed by atoms with Gasteiger partial charge in [-0.2, -0.15) is 0 Å². The molecule has 0 aliphatic heterocycles. The number of rotatable bonds is 8. The number of nitrogens with zero attached hydrogens (tertiary/aromatic N) is 1. The van der Waals surface area contributed by atoms with E-state index in [9.17, 15) is 14.0 Å². The van der Waals surface area contributed by atoms with Gasteiger partial charge in [0.1, 0.15) is 23.3 Å². The molecule has 1 aliphatic carbocycles. The van der Waals surface area contributed by atoms with Crippen molar-refractivity contribution in [2.24, 2.45) is 11.7 Å². The van der Waals surface area contributed by atoms with Gasteiger partial charge < -0.3 is 15.8 Å². The summed E-state index contributed by atoms with van der Waals surface area (Å²) in [6.45, 7) is 3.89. The normalized spacial score (nSPS) is 14.6. The molecule has 6 nitrogen and oxygen atoms in total. The van der Waals surface area contributed by atoms with Crippen LogP contribution in [0.25, 0.3) is 0 Å². The van der Waals surface area contributed by atoms with Crippen LogP contribution in [-0.4, -0.2) is 22.8 Å². The van der Waals surface area contributed by atoms with Crippen molar-refractivity contribution in [3.63, 3.8) is 0 Å². The Bertz CT molecular complexity index is 864. The number of primary amides is 1. The van der Waals surface area contributed by atoms with Gasteiger partial charge in [0.15, 0.2) is 0 Å². The fourth-order valence-corrected chi connectivity index (χ4v) is 2.93. The smallest absolute Gasteiger partial charge is 0.270 e. The van der Waals surface area contributed by atoms with E-state index >= 15 is 0 Å². The van der Waals surface area contributed by atoms with Crippen LogP contribution in [-0.2, 0) is 4.79 Å². The SMILES string of the molecule is CC(C)C[C@H](NC(=O)c1ccc(C2CC2)c(Oc2ccc(F)cc2)n1)C(N)=O. The summed E-state index contributed by atoms with van der Waals surface area (Å²) in [5.41, 5.74) is 6.45. The molecule has 1 fully saturated rings. The van der Waals surface area contributed by atoms with Crippen molar-refractivity contribution in [2.45, 2.75) is 45.1 Å². The number of benzene rings is 1. The Kier molecular flexibility index (Phi) is 5.92. The van der Waals surface area contributed by atoms with Gasteiger partial charge in [-0.25, -0.2) is 9.37 Å². The highest BCUT2D eigenvalue weighted by molar-refractivity contribution is 5.96. The number of amides is 2. The maximum atomic E-state index is 13.1. The molecule has 0 bridgehead atoms. The summed E-state index contributed by atoms with van der Waals surface area (Å²) in [5, 5.41) is 2.65. The predicted molar refractivity (Wildman–Crippen MR) is 103 cm³/mol. The minimum absolute atomic E-state index is 0.136. The van der Waals surface area contributed by atoms with Crippen molar-refractivity contribution < 1.29 is 18.7 Å².